The molecule has 2 heterocycles. The number of hydrogen-bond acceptors (Lipinski definition) is 5. The molecule has 0 saturated heterocycles. The van der Waals surface area contributed by atoms with Crippen molar-refractivity contribution in [2.45, 2.75) is 25.3 Å². The van der Waals surface area contributed by atoms with E-state index in [9.17, 15) is 9.18 Å². The Morgan fingerprint density at radius 2 is 2.11 bits per heavy atom. The van der Waals surface area contributed by atoms with Crippen molar-refractivity contribution in [3.8, 4) is 0 Å². The van der Waals surface area contributed by atoms with Crippen LogP contribution in [0.25, 0.3) is 0 Å². The average molecular weight is 363 g/mol. The van der Waals surface area contributed by atoms with Crippen molar-refractivity contribution in [1.82, 2.24) is 15.0 Å². The topological polar surface area (TPSA) is 93.8 Å². The number of nitrogens with two attached hydrogens (primary N) is 1. The van der Waals surface area contributed by atoms with E-state index >= 15 is 0 Å². The zero-order chi connectivity index (χ0) is 18.8. The first-order chi connectivity index (χ1) is 13.1. The Labute approximate surface area is 155 Å². The van der Waals surface area contributed by atoms with Crippen LogP contribution in [0.1, 0.15) is 45.3 Å². The van der Waals surface area contributed by atoms with E-state index in [0.29, 0.717) is 17.7 Å². The van der Waals surface area contributed by atoms with Crippen LogP contribution in [-0.2, 0) is 12.8 Å². The van der Waals surface area contributed by atoms with E-state index in [1.54, 1.807) is 30.7 Å². The van der Waals surface area contributed by atoms with Crippen LogP contribution in [0, 0.1) is 5.82 Å². The number of halogens is 1. The number of carbonyl (C=O) groups is 1. The number of aromatic nitrogens is 3. The third-order valence-electron chi connectivity index (χ3n) is 4.73. The number of anilines is 1. The van der Waals surface area contributed by atoms with E-state index in [1.807, 2.05) is 6.07 Å². The third-order valence-corrected chi connectivity index (χ3v) is 4.73. The van der Waals surface area contributed by atoms with Crippen LogP contribution in [0.2, 0.25) is 0 Å². The normalized spacial score (nSPS) is 15.4. The van der Waals surface area contributed by atoms with E-state index in [-0.39, 0.29) is 17.4 Å². The first-order valence-corrected chi connectivity index (χ1v) is 8.69. The summed E-state index contributed by atoms with van der Waals surface area (Å²) < 4.78 is 14.3. The molecule has 0 aliphatic heterocycles. The Bertz CT molecular complexity index is 993. The van der Waals surface area contributed by atoms with E-state index < -0.39 is 5.91 Å². The van der Waals surface area contributed by atoms with Crippen LogP contribution in [0.15, 0.2) is 49.1 Å². The highest BCUT2D eigenvalue weighted by Crippen LogP contribution is 2.36. The number of fused-ring (bicyclic) bond motifs is 1. The molecule has 1 aliphatic rings. The first-order valence-electron chi connectivity index (χ1n) is 8.69. The minimum absolute atomic E-state index is 0.217. The minimum Gasteiger partial charge on any atom is -0.377 e. The van der Waals surface area contributed by atoms with Gasteiger partial charge >= 0.3 is 0 Å². The Kier molecular flexibility index (Phi) is 4.50. The van der Waals surface area contributed by atoms with Crippen molar-refractivity contribution < 1.29 is 9.18 Å². The number of aryl methyl sites for hydroxylation is 1. The van der Waals surface area contributed by atoms with Crippen LogP contribution in [0.5, 0.6) is 0 Å². The zero-order valence-electron chi connectivity index (χ0n) is 14.5. The lowest BCUT2D eigenvalue weighted by molar-refractivity contribution is 0.100. The van der Waals surface area contributed by atoms with Crippen molar-refractivity contribution in [2.75, 3.05) is 5.32 Å². The Hall–Kier alpha value is -3.35. The van der Waals surface area contributed by atoms with Gasteiger partial charge in [-0.05, 0) is 30.5 Å². The van der Waals surface area contributed by atoms with E-state index in [2.05, 4.69) is 20.3 Å². The molecule has 7 heteroatoms. The fourth-order valence-electron chi connectivity index (χ4n) is 3.48. The Morgan fingerprint density at radius 1 is 1.22 bits per heavy atom. The molecule has 27 heavy (non-hydrogen) atoms. The maximum Gasteiger partial charge on any atom is 0.252 e. The summed E-state index contributed by atoms with van der Waals surface area (Å²) >= 11 is 0. The summed E-state index contributed by atoms with van der Waals surface area (Å²) in [5.74, 6) is -0.820. The molecule has 0 saturated carbocycles. The molecule has 0 spiro atoms. The van der Waals surface area contributed by atoms with Gasteiger partial charge in [-0.25, -0.2) is 4.39 Å². The highest BCUT2D eigenvalue weighted by atomic mass is 19.1. The van der Waals surface area contributed by atoms with Gasteiger partial charge in [0.1, 0.15) is 5.82 Å². The predicted octanol–water partition coefficient (Wildman–Crippen LogP) is 2.80. The van der Waals surface area contributed by atoms with Crippen LogP contribution >= 0.6 is 0 Å². The number of primary amides is 1. The van der Waals surface area contributed by atoms with Crippen molar-refractivity contribution in [2.24, 2.45) is 5.73 Å². The number of hydrogen-bond donors (Lipinski definition) is 2. The molecule has 0 bridgehead atoms. The fourth-order valence-corrected chi connectivity index (χ4v) is 3.48. The molecule has 1 atom stereocenters. The van der Waals surface area contributed by atoms with Gasteiger partial charge in [0, 0.05) is 42.5 Å². The molecule has 2 aromatic heterocycles. The van der Waals surface area contributed by atoms with Crippen LogP contribution in [0.4, 0.5) is 10.1 Å². The first kappa shape index (κ1) is 17.1. The summed E-state index contributed by atoms with van der Waals surface area (Å²) in [4.78, 5) is 24.4. The van der Waals surface area contributed by atoms with Crippen molar-refractivity contribution >= 4 is 11.6 Å². The van der Waals surface area contributed by atoms with Crippen molar-refractivity contribution in [3.63, 3.8) is 0 Å². The van der Waals surface area contributed by atoms with Gasteiger partial charge in [0.05, 0.1) is 23.0 Å². The maximum atomic E-state index is 14.3. The summed E-state index contributed by atoms with van der Waals surface area (Å²) in [6.07, 6.45) is 8.34. The molecule has 6 nitrogen and oxygen atoms in total. The van der Waals surface area contributed by atoms with Gasteiger partial charge in [-0.2, -0.15) is 0 Å². The van der Waals surface area contributed by atoms with Gasteiger partial charge in [-0.15, -0.1) is 0 Å². The average Bonchev–Trinajstić information content (AvgIpc) is 3.07. The van der Waals surface area contributed by atoms with Crippen molar-refractivity contribution in [1.29, 1.82) is 0 Å². The van der Waals surface area contributed by atoms with Gasteiger partial charge in [0.15, 0.2) is 0 Å². The molecule has 0 fully saturated rings. The van der Waals surface area contributed by atoms with Crippen LogP contribution < -0.4 is 11.1 Å². The second-order valence-electron chi connectivity index (χ2n) is 6.51. The fraction of sp³-hybridized carbons (Fsp3) is 0.200. The smallest absolute Gasteiger partial charge is 0.252 e. The monoisotopic (exact) mass is 363 g/mol. The maximum absolute atomic E-state index is 14.3. The Balaban J connectivity index is 1.65. The van der Waals surface area contributed by atoms with Gasteiger partial charge in [-0.3, -0.25) is 19.7 Å². The Morgan fingerprint density at radius 3 is 2.89 bits per heavy atom. The quantitative estimate of drug-likeness (QED) is 0.727. The zero-order valence-corrected chi connectivity index (χ0v) is 14.5. The molecular formula is C20H18FN5O. The largest absolute Gasteiger partial charge is 0.377 e. The molecule has 3 N–H and O–H groups in total. The predicted molar refractivity (Wildman–Crippen MR) is 98.7 cm³/mol. The lowest BCUT2D eigenvalue weighted by atomic mass is 10.1. The van der Waals surface area contributed by atoms with Gasteiger partial charge in [0.2, 0.25) is 0 Å². The highest BCUT2D eigenvalue weighted by Gasteiger charge is 2.26. The van der Waals surface area contributed by atoms with E-state index in [0.717, 1.165) is 29.8 Å². The van der Waals surface area contributed by atoms with Gasteiger partial charge in [-0.1, -0.05) is 12.1 Å². The highest BCUT2D eigenvalue weighted by molar-refractivity contribution is 5.98. The molecule has 1 amide bonds. The number of nitrogens with zero attached hydrogens (tertiary/aromatic N) is 3. The summed E-state index contributed by atoms with van der Waals surface area (Å²) in [7, 11) is 0. The molecule has 3 aromatic rings. The second-order valence-corrected chi connectivity index (χ2v) is 6.51. The lowest BCUT2D eigenvalue weighted by Crippen LogP contribution is -2.18. The molecule has 1 aromatic carbocycles. The number of pyridine rings is 1. The number of nitrogens with one attached hydrogen (secondary N) is 1. The number of amides is 1. The molecule has 0 radical (unpaired) electrons. The van der Waals surface area contributed by atoms with Crippen LogP contribution in [0.3, 0.4) is 0 Å². The molecule has 136 valence electrons. The van der Waals surface area contributed by atoms with Crippen LogP contribution in [-0.4, -0.2) is 20.9 Å². The standard InChI is InChI=1S/C20H18FN5O/c21-16-3-1-2-12-4-5-17(19(12)16)26-18-9-13(25-11-15(18)20(22)27)8-14-10-23-6-7-24-14/h1-3,6-7,9-11,17H,4-5,8H2,(H2,22,27)(H,25,26). The molecule has 1 aliphatic carbocycles. The summed E-state index contributed by atoms with van der Waals surface area (Å²) in [5, 5.41) is 3.30. The number of benzene rings is 1. The van der Waals surface area contributed by atoms with Gasteiger partial charge < -0.3 is 11.1 Å². The molecule has 4 rings (SSSR count). The number of rotatable bonds is 5. The molecular weight excluding hydrogens is 345 g/mol. The van der Waals surface area contributed by atoms with E-state index in [4.69, 9.17) is 5.73 Å². The summed E-state index contributed by atoms with van der Waals surface area (Å²) in [6, 6.07) is 6.66. The lowest BCUT2D eigenvalue weighted by Gasteiger charge is -2.18. The minimum atomic E-state index is -0.581. The van der Waals surface area contributed by atoms with Crippen molar-refractivity contribution in [3.05, 3.63) is 82.9 Å². The van der Waals surface area contributed by atoms with Gasteiger partial charge in [0.25, 0.3) is 5.91 Å². The van der Waals surface area contributed by atoms with E-state index in [1.165, 1.54) is 12.3 Å². The SMILES string of the molecule is NC(=O)c1cnc(Cc2cnccn2)cc1NC1CCc2cccc(F)c21. The summed E-state index contributed by atoms with van der Waals surface area (Å²) in [6.45, 7) is 0. The molecule has 1 unspecified atom stereocenters. The second kappa shape index (κ2) is 7.11. The summed E-state index contributed by atoms with van der Waals surface area (Å²) in [5.41, 5.74) is 9.46. The number of carbonyl (C=O) groups excluding carboxylic acids is 1. The third kappa shape index (κ3) is 3.48.